The Morgan fingerprint density at radius 3 is 1.82 bits per heavy atom. The molecule has 0 bridgehead atoms. The van der Waals surface area contributed by atoms with Gasteiger partial charge in [0.05, 0.1) is 16.9 Å². The van der Waals surface area contributed by atoms with E-state index < -0.39 is 46.7 Å². The number of hydrogen-bond acceptors (Lipinski definition) is 9. The molecule has 1 aromatic carbocycles. The van der Waals surface area contributed by atoms with Crippen molar-refractivity contribution in [3.63, 3.8) is 0 Å². The van der Waals surface area contributed by atoms with Crippen molar-refractivity contribution in [3.05, 3.63) is 23.8 Å². The molecule has 10 nitrogen and oxygen atoms in total. The van der Waals surface area contributed by atoms with Crippen LogP contribution < -0.4 is 14.8 Å². The minimum atomic E-state index is -2.19. The van der Waals surface area contributed by atoms with Gasteiger partial charge < -0.3 is 24.1 Å². The van der Waals surface area contributed by atoms with Crippen molar-refractivity contribution in [2.45, 2.75) is 113 Å². The molecule has 0 aliphatic heterocycles. The Kier molecular flexibility index (Phi) is 12.0. The summed E-state index contributed by atoms with van der Waals surface area (Å²) >= 11 is 0. The van der Waals surface area contributed by atoms with Crippen LogP contribution in [0.4, 0.5) is 4.79 Å². The zero-order valence-corrected chi connectivity index (χ0v) is 24.9. The fourth-order valence-corrected chi connectivity index (χ4v) is 3.04. The van der Waals surface area contributed by atoms with Crippen LogP contribution in [-0.4, -0.2) is 47.0 Å². The van der Waals surface area contributed by atoms with Gasteiger partial charge in [-0.2, -0.15) is 0 Å². The average Bonchev–Trinajstić information content (AvgIpc) is 2.84. The maximum Gasteiger partial charge on any atom is 0.510 e. The zero-order valence-electron chi connectivity index (χ0n) is 24.9. The molecule has 220 valence electrons. The van der Waals surface area contributed by atoms with E-state index in [2.05, 4.69) is 5.32 Å². The number of benzene rings is 1. The second kappa shape index (κ2) is 13.8. The SMILES string of the molecule is CCC(C)N[C@@](Cc1ccc(OC(=O)C(C)(C)CC)c(OC(=O)C(C)(C)CC)c1)(OC(=O)OC(C)C)C(=O)O. The normalized spacial score (nSPS) is 14.2. The fourth-order valence-electron chi connectivity index (χ4n) is 3.04. The van der Waals surface area contributed by atoms with E-state index in [0.717, 1.165) is 0 Å². The van der Waals surface area contributed by atoms with E-state index >= 15 is 0 Å². The van der Waals surface area contributed by atoms with Gasteiger partial charge in [-0.25, -0.2) is 9.59 Å². The molecule has 0 radical (unpaired) electrons. The molecule has 0 heterocycles. The van der Waals surface area contributed by atoms with Crippen LogP contribution in [0.25, 0.3) is 0 Å². The van der Waals surface area contributed by atoms with Gasteiger partial charge in [0.15, 0.2) is 11.5 Å². The molecule has 0 saturated heterocycles. The first-order chi connectivity index (χ1) is 17.9. The van der Waals surface area contributed by atoms with Gasteiger partial charge >= 0.3 is 24.1 Å². The van der Waals surface area contributed by atoms with Gasteiger partial charge in [-0.15, -0.1) is 0 Å². The maximum atomic E-state index is 12.9. The summed E-state index contributed by atoms with van der Waals surface area (Å²) in [5, 5.41) is 13.1. The lowest BCUT2D eigenvalue weighted by molar-refractivity contribution is -0.167. The van der Waals surface area contributed by atoms with Crippen LogP contribution in [0, 0.1) is 10.8 Å². The highest BCUT2D eigenvalue weighted by atomic mass is 16.7. The molecule has 0 amide bonds. The van der Waals surface area contributed by atoms with E-state index in [1.165, 1.54) is 18.2 Å². The van der Waals surface area contributed by atoms with Gasteiger partial charge in [0.2, 0.25) is 0 Å². The number of aliphatic carboxylic acids is 1. The van der Waals surface area contributed by atoms with Gasteiger partial charge in [0, 0.05) is 12.5 Å². The van der Waals surface area contributed by atoms with Crippen molar-refractivity contribution in [1.29, 1.82) is 0 Å². The summed E-state index contributed by atoms with van der Waals surface area (Å²) in [5.74, 6) is -2.53. The number of esters is 2. The monoisotopic (exact) mass is 551 g/mol. The maximum absolute atomic E-state index is 12.9. The van der Waals surface area contributed by atoms with Gasteiger partial charge in [0.25, 0.3) is 5.72 Å². The molecule has 0 aliphatic carbocycles. The standard InChI is InChI=1S/C29H45NO9/c1-11-19(6)30-29(23(31)32,39-26(35)36-18(4)5)17-20-14-15-21(37-24(33)27(7,8)12-2)22(16-20)38-25(34)28(9,10)13-3/h14-16,18-19,30H,11-13,17H2,1-10H3,(H,31,32)/t19?,29-/m0/s1. The zero-order chi connectivity index (χ0) is 30.2. The molecule has 10 heteroatoms. The Bertz CT molecular complexity index is 1030. The van der Waals surface area contributed by atoms with E-state index in [9.17, 15) is 24.3 Å². The largest absolute Gasteiger partial charge is 0.510 e. The summed E-state index contributed by atoms with van der Waals surface area (Å²) in [6.45, 7) is 17.5. The average molecular weight is 552 g/mol. The lowest BCUT2D eigenvalue weighted by Gasteiger charge is -2.33. The molecule has 2 N–H and O–H groups in total. The molecule has 0 fully saturated rings. The van der Waals surface area contributed by atoms with E-state index in [1.54, 1.807) is 48.5 Å². The third-order valence-corrected chi connectivity index (χ3v) is 6.77. The molecular weight excluding hydrogens is 506 g/mol. The summed E-state index contributed by atoms with van der Waals surface area (Å²) in [6, 6.07) is 4.03. The van der Waals surface area contributed by atoms with Crippen molar-refractivity contribution in [1.82, 2.24) is 5.32 Å². The fraction of sp³-hybridized carbons (Fsp3) is 0.655. The third kappa shape index (κ3) is 9.53. The first-order valence-electron chi connectivity index (χ1n) is 13.4. The number of carbonyl (C=O) groups excluding carboxylic acids is 3. The van der Waals surface area contributed by atoms with Gasteiger partial charge in [-0.3, -0.25) is 14.9 Å². The van der Waals surface area contributed by atoms with Gasteiger partial charge in [-0.05, 0) is 85.4 Å². The summed E-state index contributed by atoms with van der Waals surface area (Å²) < 4.78 is 21.7. The van der Waals surface area contributed by atoms with Gasteiger partial charge in [-0.1, -0.05) is 26.8 Å². The number of ether oxygens (including phenoxy) is 4. The van der Waals surface area contributed by atoms with Crippen LogP contribution in [0.1, 0.15) is 94.1 Å². The summed E-state index contributed by atoms with van der Waals surface area (Å²) in [4.78, 5) is 50.7. The second-order valence-corrected chi connectivity index (χ2v) is 11.3. The quantitative estimate of drug-likeness (QED) is 0.170. The van der Waals surface area contributed by atoms with E-state index in [1.807, 2.05) is 20.8 Å². The lowest BCUT2D eigenvalue weighted by atomic mass is 9.90. The first-order valence-corrected chi connectivity index (χ1v) is 13.4. The number of rotatable bonds is 14. The Morgan fingerprint density at radius 2 is 1.38 bits per heavy atom. The topological polar surface area (TPSA) is 137 Å². The van der Waals surface area contributed by atoms with Gasteiger partial charge in [0.1, 0.15) is 0 Å². The smallest absolute Gasteiger partial charge is 0.477 e. The molecular formula is C29H45NO9. The van der Waals surface area contributed by atoms with Crippen LogP contribution in [0.2, 0.25) is 0 Å². The van der Waals surface area contributed by atoms with Crippen molar-refractivity contribution in [3.8, 4) is 11.5 Å². The van der Waals surface area contributed by atoms with Crippen LogP contribution in [-0.2, 0) is 30.3 Å². The third-order valence-electron chi connectivity index (χ3n) is 6.77. The Balaban J connectivity index is 3.60. The first kappa shape index (κ1) is 33.9. The summed E-state index contributed by atoms with van der Waals surface area (Å²) in [6.07, 6.45) is -0.441. The van der Waals surface area contributed by atoms with Crippen molar-refractivity contribution in [2.24, 2.45) is 10.8 Å². The Morgan fingerprint density at radius 1 is 0.872 bits per heavy atom. The summed E-state index contributed by atoms with van der Waals surface area (Å²) in [5.41, 5.74) is -3.45. The van der Waals surface area contributed by atoms with Crippen LogP contribution in [0.15, 0.2) is 18.2 Å². The number of carbonyl (C=O) groups is 4. The van der Waals surface area contributed by atoms with Crippen LogP contribution in [0.5, 0.6) is 11.5 Å². The predicted octanol–water partition coefficient (Wildman–Crippen LogP) is 5.64. The number of carboxylic acids is 1. The molecule has 1 unspecified atom stereocenters. The van der Waals surface area contributed by atoms with Crippen LogP contribution in [0.3, 0.4) is 0 Å². The van der Waals surface area contributed by atoms with Crippen molar-refractivity contribution in [2.75, 3.05) is 0 Å². The highest BCUT2D eigenvalue weighted by molar-refractivity contribution is 5.82. The molecule has 0 saturated carbocycles. The highest BCUT2D eigenvalue weighted by Crippen LogP contribution is 2.35. The van der Waals surface area contributed by atoms with E-state index in [0.29, 0.717) is 24.8 Å². The minimum absolute atomic E-state index is 0.0153. The molecule has 0 aliphatic rings. The number of hydrogen-bond donors (Lipinski definition) is 2. The van der Waals surface area contributed by atoms with Crippen molar-refractivity contribution < 1.29 is 43.2 Å². The minimum Gasteiger partial charge on any atom is -0.477 e. The summed E-state index contributed by atoms with van der Waals surface area (Å²) in [7, 11) is 0. The predicted molar refractivity (Wildman–Crippen MR) is 146 cm³/mol. The van der Waals surface area contributed by atoms with Crippen molar-refractivity contribution >= 4 is 24.1 Å². The Labute approximate surface area is 231 Å². The van der Waals surface area contributed by atoms with Crippen LogP contribution >= 0.6 is 0 Å². The number of carboxylic acid groups (broad SMARTS) is 1. The highest BCUT2D eigenvalue weighted by Gasteiger charge is 2.45. The Hall–Kier alpha value is -3.14. The molecule has 2 atom stereocenters. The second-order valence-electron chi connectivity index (χ2n) is 11.3. The molecule has 1 aromatic rings. The van der Waals surface area contributed by atoms with E-state index in [4.69, 9.17) is 18.9 Å². The lowest BCUT2D eigenvalue weighted by Crippen LogP contribution is -2.59. The molecule has 0 spiro atoms. The molecule has 39 heavy (non-hydrogen) atoms. The van der Waals surface area contributed by atoms with E-state index in [-0.39, 0.29) is 24.0 Å². The number of nitrogens with one attached hydrogen (secondary N) is 1. The molecule has 0 aromatic heterocycles. The molecule has 1 rings (SSSR count).